The van der Waals surface area contributed by atoms with Crippen molar-refractivity contribution in [2.24, 2.45) is 5.92 Å². The third-order valence-corrected chi connectivity index (χ3v) is 4.91. The Hall–Kier alpha value is -1.63. The van der Waals surface area contributed by atoms with Crippen molar-refractivity contribution in [3.05, 3.63) is 16.1 Å². The van der Waals surface area contributed by atoms with Crippen molar-refractivity contribution in [2.45, 2.75) is 51.6 Å². The van der Waals surface area contributed by atoms with E-state index >= 15 is 0 Å². The number of urea groups is 1. The van der Waals surface area contributed by atoms with Crippen LogP contribution >= 0.6 is 11.3 Å². The normalized spacial score (nSPS) is 23.3. The van der Waals surface area contributed by atoms with E-state index in [0.29, 0.717) is 12.8 Å². The molecule has 6 nitrogen and oxygen atoms in total. The number of aromatic nitrogens is 1. The summed E-state index contributed by atoms with van der Waals surface area (Å²) >= 11 is 1.53. The Kier molecular flexibility index (Phi) is 5.17. The number of aryl methyl sites for hydroxylation is 1. The van der Waals surface area contributed by atoms with Gasteiger partial charge < -0.3 is 15.7 Å². The van der Waals surface area contributed by atoms with Crippen LogP contribution in [0.15, 0.2) is 5.38 Å². The highest BCUT2D eigenvalue weighted by atomic mass is 32.1. The number of carbonyl (C=O) groups is 2. The lowest BCUT2D eigenvalue weighted by Gasteiger charge is -2.27. The van der Waals surface area contributed by atoms with Crippen LogP contribution in [-0.2, 0) is 4.79 Å². The number of nitrogens with zero attached hydrogens (tertiary/aromatic N) is 1. The van der Waals surface area contributed by atoms with Crippen molar-refractivity contribution in [3.8, 4) is 0 Å². The minimum Gasteiger partial charge on any atom is -0.481 e. The highest BCUT2D eigenvalue weighted by Gasteiger charge is 2.27. The molecule has 0 bridgehead atoms. The van der Waals surface area contributed by atoms with Crippen LogP contribution in [0.25, 0.3) is 0 Å². The molecule has 116 valence electrons. The van der Waals surface area contributed by atoms with Crippen LogP contribution in [0.1, 0.15) is 49.4 Å². The van der Waals surface area contributed by atoms with Crippen molar-refractivity contribution < 1.29 is 14.7 Å². The minimum atomic E-state index is -0.731. The largest absolute Gasteiger partial charge is 0.481 e. The highest BCUT2D eigenvalue weighted by molar-refractivity contribution is 7.09. The zero-order valence-corrected chi connectivity index (χ0v) is 13.1. The number of nitrogens with one attached hydrogen (secondary N) is 2. The minimum absolute atomic E-state index is 0.0610. The third-order valence-electron chi connectivity index (χ3n) is 3.77. The Labute approximate surface area is 128 Å². The molecule has 1 saturated carbocycles. The first-order valence-electron chi connectivity index (χ1n) is 7.17. The summed E-state index contributed by atoms with van der Waals surface area (Å²) in [7, 11) is 0. The van der Waals surface area contributed by atoms with Crippen LogP contribution in [0.2, 0.25) is 0 Å². The van der Waals surface area contributed by atoms with E-state index in [9.17, 15) is 9.59 Å². The van der Waals surface area contributed by atoms with Gasteiger partial charge in [-0.3, -0.25) is 4.79 Å². The summed E-state index contributed by atoms with van der Waals surface area (Å²) < 4.78 is 0. The number of hydrogen-bond donors (Lipinski definition) is 3. The van der Waals surface area contributed by atoms with Gasteiger partial charge in [0.2, 0.25) is 0 Å². The smallest absolute Gasteiger partial charge is 0.315 e. The van der Waals surface area contributed by atoms with Crippen LogP contribution in [0, 0.1) is 12.8 Å². The molecule has 21 heavy (non-hydrogen) atoms. The molecular formula is C14H21N3O3S. The van der Waals surface area contributed by atoms with Gasteiger partial charge in [-0.2, -0.15) is 0 Å². The Balaban J connectivity index is 1.76. The number of amides is 2. The SMILES string of the molecule is Cc1csc(C(C)NC(=O)NC2CCC(C(=O)O)CC2)n1. The first kappa shape index (κ1) is 15.8. The second-order valence-electron chi connectivity index (χ2n) is 5.55. The van der Waals surface area contributed by atoms with Gasteiger partial charge in [0.15, 0.2) is 0 Å². The zero-order valence-electron chi connectivity index (χ0n) is 12.3. The molecule has 1 aromatic heterocycles. The number of rotatable bonds is 4. The zero-order chi connectivity index (χ0) is 15.4. The number of carboxylic acid groups (broad SMARTS) is 1. The van der Waals surface area contributed by atoms with Crippen LogP contribution in [0.4, 0.5) is 4.79 Å². The molecule has 1 aliphatic carbocycles. The number of carboxylic acids is 1. The Bertz CT molecular complexity index is 509. The molecule has 1 unspecified atom stereocenters. The summed E-state index contributed by atoms with van der Waals surface area (Å²) in [6.07, 6.45) is 2.69. The molecule has 7 heteroatoms. The molecule has 3 N–H and O–H groups in total. The molecule has 1 aliphatic rings. The quantitative estimate of drug-likeness (QED) is 0.796. The molecule has 2 amide bonds. The Morgan fingerprint density at radius 1 is 1.38 bits per heavy atom. The lowest BCUT2D eigenvalue weighted by molar-refractivity contribution is -0.142. The van der Waals surface area contributed by atoms with E-state index < -0.39 is 5.97 Å². The summed E-state index contributed by atoms with van der Waals surface area (Å²) in [5.74, 6) is -0.992. The maximum atomic E-state index is 12.0. The first-order valence-corrected chi connectivity index (χ1v) is 8.05. The van der Waals surface area contributed by atoms with Gasteiger partial charge >= 0.3 is 12.0 Å². The molecule has 1 atom stereocenters. The molecule has 1 heterocycles. The van der Waals surface area contributed by atoms with E-state index in [1.807, 2.05) is 19.2 Å². The van der Waals surface area contributed by atoms with E-state index in [2.05, 4.69) is 15.6 Å². The average Bonchev–Trinajstić information content (AvgIpc) is 2.86. The second-order valence-corrected chi connectivity index (χ2v) is 6.44. The van der Waals surface area contributed by atoms with E-state index in [1.54, 1.807) is 0 Å². The molecule has 1 fully saturated rings. The fourth-order valence-corrected chi connectivity index (χ4v) is 3.34. The van der Waals surface area contributed by atoms with E-state index in [1.165, 1.54) is 11.3 Å². The van der Waals surface area contributed by atoms with E-state index in [4.69, 9.17) is 5.11 Å². The lowest BCUT2D eigenvalue weighted by atomic mass is 9.86. The summed E-state index contributed by atoms with van der Waals surface area (Å²) in [6.45, 7) is 3.83. The third kappa shape index (κ3) is 4.42. The molecule has 0 saturated heterocycles. The van der Waals surface area contributed by atoms with Crippen molar-refractivity contribution >= 4 is 23.3 Å². The predicted molar refractivity (Wildman–Crippen MR) is 80.3 cm³/mol. The topological polar surface area (TPSA) is 91.3 Å². The lowest BCUT2D eigenvalue weighted by Crippen LogP contribution is -2.44. The highest BCUT2D eigenvalue weighted by Crippen LogP contribution is 2.24. The first-order chi connectivity index (χ1) is 9.95. The van der Waals surface area contributed by atoms with Crippen LogP contribution in [0.5, 0.6) is 0 Å². The molecule has 1 aromatic rings. The van der Waals surface area contributed by atoms with Gasteiger partial charge in [-0.15, -0.1) is 11.3 Å². The monoisotopic (exact) mass is 311 g/mol. The predicted octanol–water partition coefficient (Wildman–Crippen LogP) is 2.46. The molecule has 2 rings (SSSR count). The molecule has 0 radical (unpaired) electrons. The van der Waals surface area contributed by atoms with Gasteiger partial charge in [-0.25, -0.2) is 9.78 Å². The summed E-state index contributed by atoms with van der Waals surface area (Å²) in [4.78, 5) is 27.2. The summed E-state index contributed by atoms with van der Waals surface area (Å²) in [5.41, 5.74) is 0.955. The van der Waals surface area contributed by atoms with Gasteiger partial charge in [0.1, 0.15) is 5.01 Å². The summed E-state index contributed by atoms with van der Waals surface area (Å²) in [6, 6.07) is -0.279. The standard InChI is InChI=1S/C14H21N3O3S/c1-8-7-21-12(15-8)9(2)16-14(20)17-11-5-3-10(4-6-11)13(18)19/h7,9-11H,3-6H2,1-2H3,(H,18,19)(H2,16,17,20). The Morgan fingerprint density at radius 2 is 2.05 bits per heavy atom. The van der Waals surface area contributed by atoms with Crippen molar-refractivity contribution in [2.75, 3.05) is 0 Å². The Morgan fingerprint density at radius 3 is 2.57 bits per heavy atom. The van der Waals surface area contributed by atoms with Gasteiger partial charge in [-0.1, -0.05) is 0 Å². The van der Waals surface area contributed by atoms with Gasteiger partial charge in [0.25, 0.3) is 0 Å². The molecule has 0 spiro atoms. The second kappa shape index (κ2) is 6.89. The van der Waals surface area contributed by atoms with E-state index in [-0.39, 0.29) is 24.0 Å². The number of carbonyl (C=O) groups excluding carboxylic acids is 1. The number of thiazole rings is 1. The van der Waals surface area contributed by atoms with Crippen molar-refractivity contribution in [1.29, 1.82) is 0 Å². The summed E-state index contributed by atoms with van der Waals surface area (Å²) in [5, 5.41) is 17.6. The van der Waals surface area contributed by atoms with Gasteiger partial charge in [0, 0.05) is 17.1 Å². The maximum Gasteiger partial charge on any atom is 0.315 e. The van der Waals surface area contributed by atoms with Crippen LogP contribution in [0.3, 0.4) is 0 Å². The van der Waals surface area contributed by atoms with Crippen molar-refractivity contribution in [1.82, 2.24) is 15.6 Å². The molecule has 0 aromatic carbocycles. The number of aliphatic carboxylic acids is 1. The maximum absolute atomic E-state index is 12.0. The average molecular weight is 311 g/mol. The van der Waals surface area contributed by atoms with Crippen LogP contribution < -0.4 is 10.6 Å². The molecule has 0 aliphatic heterocycles. The van der Waals surface area contributed by atoms with Gasteiger partial charge in [0.05, 0.1) is 12.0 Å². The van der Waals surface area contributed by atoms with Crippen molar-refractivity contribution in [3.63, 3.8) is 0 Å². The fraction of sp³-hybridized carbons (Fsp3) is 0.643. The van der Waals surface area contributed by atoms with E-state index in [0.717, 1.165) is 23.5 Å². The fourth-order valence-electron chi connectivity index (χ4n) is 2.54. The molecular weight excluding hydrogens is 290 g/mol. The number of hydrogen-bond acceptors (Lipinski definition) is 4. The van der Waals surface area contributed by atoms with Gasteiger partial charge in [-0.05, 0) is 39.5 Å². The van der Waals surface area contributed by atoms with Crippen LogP contribution in [-0.4, -0.2) is 28.1 Å².